The molecule has 1 aliphatic heterocycles. The van der Waals surface area contributed by atoms with Gasteiger partial charge in [-0.25, -0.2) is 0 Å². The summed E-state index contributed by atoms with van der Waals surface area (Å²) in [6, 6.07) is 5.66. The average molecular weight is 201 g/mol. The van der Waals surface area contributed by atoms with E-state index in [1.165, 1.54) is 11.8 Å². The van der Waals surface area contributed by atoms with Crippen LogP contribution in [0.25, 0.3) is 0 Å². The van der Waals surface area contributed by atoms with Gasteiger partial charge < -0.3 is 0 Å². The molecular formula is C10H7N3S. The van der Waals surface area contributed by atoms with Crippen molar-refractivity contribution in [1.82, 2.24) is 0 Å². The van der Waals surface area contributed by atoms with E-state index in [-0.39, 0.29) is 10.8 Å². The molecule has 0 fully saturated rings. The third-order valence-corrected chi connectivity index (χ3v) is 3.44. The zero-order valence-corrected chi connectivity index (χ0v) is 8.64. The maximum atomic E-state index is 8.89. The van der Waals surface area contributed by atoms with Crippen LogP contribution in [0.5, 0.6) is 0 Å². The minimum atomic E-state index is 0.0373. The third kappa shape index (κ3) is 1.51. The van der Waals surface area contributed by atoms with Gasteiger partial charge in [-0.15, -0.1) is 11.8 Å². The lowest BCUT2D eigenvalue weighted by Gasteiger charge is -1.99. The lowest BCUT2D eigenvalue weighted by molar-refractivity contribution is 1.13. The van der Waals surface area contributed by atoms with E-state index < -0.39 is 0 Å². The lowest BCUT2D eigenvalue weighted by Crippen LogP contribution is -1.90. The van der Waals surface area contributed by atoms with Crippen molar-refractivity contribution in [2.45, 2.75) is 19.1 Å². The number of hydrogen-bond acceptors (Lipinski definition) is 4. The van der Waals surface area contributed by atoms with Gasteiger partial charge in [-0.1, -0.05) is 0 Å². The van der Waals surface area contributed by atoms with Gasteiger partial charge in [-0.3, -0.25) is 0 Å². The molecular weight excluding hydrogens is 194 g/mol. The molecule has 1 aliphatic rings. The van der Waals surface area contributed by atoms with Crippen molar-refractivity contribution >= 4 is 11.8 Å². The molecule has 0 radical (unpaired) electrons. The quantitative estimate of drug-likeness (QED) is 0.563. The second kappa shape index (κ2) is 4.01. The fourth-order valence-electron chi connectivity index (χ4n) is 1.16. The molecule has 0 aromatic rings. The van der Waals surface area contributed by atoms with Crippen LogP contribution in [0.15, 0.2) is 21.6 Å². The monoisotopic (exact) mass is 201 g/mol. The molecule has 0 aromatic carbocycles. The van der Waals surface area contributed by atoms with E-state index in [2.05, 4.69) is 0 Å². The van der Waals surface area contributed by atoms with Gasteiger partial charge in [-0.05, 0) is 19.4 Å². The molecule has 1 rings (SSSR count). The van der Waals surface area contributed by atoms with Gasteiger partial charge in [0.2, 0.25) is 0 Å². The van der Waals surface area contributed by atoms with Crippen LogP contribution in [-0.4, -0.2) is 5.25 Å². The fraction of sp³-hybridized carbons (Fsp3) is 0.300. The van der Waals surface area contributed by atoms with Crippen LogP contribution >= 0.6 is 11.8 Å². The normalized spacial score (nSPS) is 19.9. The Morgan fingerprint density at radius 3 is 2.29 bits per heavy atom. The van der Waals surface area contributed by atoms with Crippen LogP contribution in [0.1, 0.15) is 13.8 Å². The molecule has 1 heterocycles. The van der Waals surface area contributed by atoms with Crippen molar-refractivity contribution in [3.8, 4) is 18.2 Å². The summed E-state index contributed by atoms with van der Waals surface area (Å²) in [5.41, 5.74) is 1.46. The van der Waals surface area contributed by atoms with Gasteiger partial charge in [0, 0.05) is 5.25 Å². The molecule has 0 aromatic heterocycles. The second-order valence-electron chi connectivity index (χ2n) is 2.86. The SMILES string of the molecule is CC1=C(C#N)C(=C(C#N)C#N)SC1C. The maximum Gasteiger partial charge on any atom is 0.144 e. The summed E-state index contributed by atoms with van der Waals surface area (Å²) >= 11 is 1.40. The van der Waals surface area contributed by atoms with Crippen LogP contribution in [0.4, 0.5) is 0 Å². The zero-order chi connectivity index (χ0) is 10.7. The highest BCUT2D eigenvalue weighted by Crippen LogP contribution is 2.42. The topological polar surface area (TPSA) is 71.4 Å². The molecule has 1 unspecified atom stereocenters. The Bertz CT molecular complexity index is 435. The molecule has 3 nitrogen and oxygen atoms in total. The molecule has 0 amide bonds. The predicted octanol–water partition coefficient (Wildman–Crippen LogP) is 2.26. The Balaban J connectivity index is 3.36. The number of nitriles is 3. The van der Waals surface area contributed by atoms with Crippen molar-refractivity contribution in [3.05, 3.63) is 21.6 Å². The average Bonchev–Trinajstić information content (AvgIpc) is 2.45. The Morgan fingerprint density at radius 1 is 1.29 bits per heavy atom. The van der Waals surface area contributed by atoms with E-state index in [1.54, 1.807) is 0 Å². The number of hydrogen-bond donors (Lipinski definition) is 0. The molecule has 14 heavy (non-hydrogen) atoms. The molecule has 68 valence electrons. The Kier molecular flexibility index (Phi) is 2.97. The van der Waals surface area contributed by atoms with Crippen LogP contribution in [0.2, 0.25) is 0 Å². The number of rotatable bonds is 0. The van der Waals surface area contributed by atoms with Gasteiger partial charge >= 0.3 is 0 Å². The first-order chi connectivity index (χ1) is 6.65. The summed E-state index contributed by atoms with van der Waals surface area (Å²) in [7, 11) is 0. The highest BCUT2D eigenvalue weighted by atomic mass is 32.2. The number of thioether (sulfide) groups is 1. The highest BCUT2D eigenvalue weighted by molar-refractivity contribution is 8.04. The first-order valence-electron chi connectivity index (χ1n) is 3.98. The first kappa shape index (κ1) is 10.4. The van der Waals surface area contributed by atoms with E-state index in [9.17, 15) is 0 Å². The first-order valence-corrected chi connectivity index (χ1v) is 4.86. The van der Waals surface area contributed by atoms with Gasteiger partial charge in [-0.2, -0.15) is 15.8 Å². The molecule has 1 atom stereocenters. The van der Waals surface area contributed by atoms with E-state index in [0.717, 1.165) is 5.57 Å². The molecule has 0 N–H and O–H groups in total. The van der Waals surface area contributed by atoms with E-state index >= 15 is 0 Å². The van der Waals surface area contributed by atoms with Gasteiger partial charge in [0.05, 0.1) is 10.5 Å². The van der Waals surface area contributed by atoms with Crippen molar-refractivity contribution in [3.63, 3.8) is 0 Å². The molecule has 0 saturated heterocycles. The molecule has 4 heteroatoms. The van der Waals surface area contributed by atoms with Crippen molar-refractivity contribution < 1.29 is 0 Å². The Hall–Kier alpha value is -1.70. The van der Waals surface area contributed by atoms with Gasteiger partial charge in [0.1, 0.15) is 23.8 Å². The fourth-order valence-corrected chi connectivity index (χ4v) is 2.34. The van der Waals surface area contributed by atoms with Crippen LogP contribution in [0.3, 0.4) is 0 Å². The van der Waals surface area contributed by atoms with E-state index in [4.69, 9.17) is 15.8 Å². The molecule has 0 aliphatic carbocycles. The molecule has 0 bridgehead atoms. The Morgan fingerprint density at radius 2 is 1.86 bits per heavy atom. The van der Waals surface area contributed by atoms with E-state index in [1.807, 2.05) is 32.1 Å². The predicted molar refractivity (Wildman–Crippen MR) is 53.6 cm³/mol. The lowest BCUT2D eigenvalue weighted by atomic mass is 10.1. The Labute approximate surface area is 86.9 Å². The third-order valence-electron chi connectivity index (χ3n) is 2.09. The summed E-state index contributed by atoms with van der Waals surface area (Å²) in [6.07, 6.45) is 0. The largest absolute Gasteiger partial charge is 0.192 e. The van der Waals surface area contributed by atoms with Crippen LogP contribution < -0.4 is 0 Å². The second-order valence-corrected chi connectivity index (χ2v) is 4.21. The van der Waals surface area contributed by atoms with Crippen molar-refractivity contribution in [2.24, 2.45) is 0 Å². The minimum absolute atomic E-state index is 0.0373. The zero-order valence-electron chi connectivity index (χ0n) is 7.83. The molecule has 0 saturated carbocycles. The van der Waals surface area contributed by atoms with Crippen molar-refractivity contribution in [1.29, 1.82) is 15.8 Å². The molecule has 0 spiro atoms. The van der Waals surface area contributed by atoms with Crippen LogP contribution in [-0.2, 0) is 0 Å². The maximum absolute atomic E-state index is 8.89. The van der Waals surface area contributed by atoms with E-state index in [0.29, 0.717) is 10.5 Å². The summed E-state index contributed by atoms with van der Waals surface area (Å²) in [4.78, 5) is 0.530. The number of nitrogens with zero attached hydrogens (tertiary/aromatic N) is 3. The minimum Gasteiger partial charge on any atom is -0.192 e. The smallest absolute Gasteiger partial charge is 0.144 e. The standard InChI is InChI=1S/C10H7N3S/c1-6-7(2)14-10(9(6)5-13)8(3-11)4-12/h7H,1-2H3. The van der Waals surface area contributed by atoms with Crippen LogP contribution in [0, 0.1) is 34.0 Å². The summed E-state index contributed by atoms with van der Waals surface area (Å²) < 4.78 is 0. The van der Waals surface area contributed by atoms with Gasteiger partial charge in [0.15, 0.2) is 0 Å². The summed E-state index contributed by atoms with van der Waals surface area (Å²) in [5, 5.41) is 26.5. The van der Waals surface area contributed by atoms with Gasteiger partial charge in [0.25, 0.3) is 0 Å². The van der Waals surface area contributed by atoms with Crippen molar-refractivity contribution in [2.75, 3.05) is 0 Å². The number of allylic oxidation sites excluding steroid dienone is 2. The highest BCUT2D eigenvalue weighted by Gasteiger charge is 2.27. The summed E-state index contributed by atoms with van der Waals surface area (Å²) in [5.74, 6) is 0. The summed E-state index contributed by atoms with van der Waals surface area (Å²) in [6.45, 7) is 3.81.